The molecular weight excluding hydrogens is 230 g/mol. The molecule has 0 saturated carbocycles. The van der Waals surface area contributed by atoms with Crippen molar-refractivity contribution in [1.82, 2.24) is 0 Å². The first-order chi connectivity index (χ1) is 7.66. The van der Waals surface area contributed by atoms with Crippen molar-refractivity contribution in [1.29, 1.82) is 0 Å². The first-order valence-electron chi connectivity index (χ1n) is 4.51. The van der Waals surface area contributed by atoms with E-state index in [-0.39, 0.29) is 16.7 Å². The van der Waals surface area contributed by atoms with Gasteiger partial charge >= 0.3 is 0 Å². The molecule has 2 rings (SSSR count). The highest BCUT2D eigenvalue weighted by Crippen LogP contribution is 2.22. The molecule has 16 heavy (non-hydrogen) atoms. The maximum atomic E-state index is 11.6. The average Bonchev–Trinajstić information content (AvgIpc) is 2.68. The Bertz CT molecular complexity index is 521. The van der Waals surface area contributed by atoms with E-state index in [1.54, 1.807) is 18.2 Å². The molecule has 1 aromatic heterocycles. The van der Waals surface area contributed by atoms with Gasteiger partial charge in [-0.1, -0.05) is 12.1 Å². The number of hydrogen-bond acceptors (Lipinski definition) is 3. The second kappa shape index (κ2) is 4.28. The van der Waals surface area contributed by atoms with Gasteiger partial charge in [0.15, 0.2) is 11.0 Å². The molecule has 5 heteroatoms. The zero-order chi connectivity index (χ0) is 11.5. The van der Waals surface area contributed by atoms with Gasteiger partial charge in [0.25, 0.3) is 5.91 Å². The highest BCUT2D eigenvalue weighted by molar-refractivity contribution is 6.29. The predicted molar refractivity (Wildman–Crippen MR) is 59.8 cm³/mol. The quantitative estimate of drug-likeness (QED) is 0.790. The van der Waals surface area contributed by atoms with Crippen LogP contribution in [0.15, 0.2) is 40.8 Å². The van der Waals surface area contributed by atoms with Crippen LogP contribution in [0.4, 0.5) is 5.69 Å². The second-order valence-electron chi connectivity index (χ2n) is 3.08. The lowest BCUT2D eigenvalue weighted by molar-refractivity contribution is 0.0996. The molecule has 0 aliphatic carbocycles. The molecule has 2 N–H and O–H groups in total. The molecule has 82 valence electrons. The summed E-state index contributed by atoms with van der Waals surface area (Å²) in [5.74, 6) is -0.379. The minimum Gasteiger partial charge on any atom is -0.506 e. The third-order valence-corrected chi connectivity index (χ3v) is 2.15. The van der Waals surface area contributed by atoms with E-state index in [0.717, 1.165) is 0 Å². The summed E-state index contributed by atoms with van der Waals surface area (Å²) in [6.45, 7) is 0. The number of furan rings is 1. The van der Waals surface area contributed by atoms with Crippen LogP contribution in [0, 0.1) is 0 Å². The third-order valence-electron chi connectivity index (χ3n) is 1.95. The topological polar surface area (TPSA) is 62.5 Å². The van der Waals surface area contributed by atoms with Crippen LogP contribution in [-0.2, 0) is 0 Å². The molecule has 0 spiro atoms. The lowest BCUT2D eigenvalue weighted by Gasteiger charge is -2.04. The van der Waals surface area contributed by atoms with E-state index in [0.29, 0.717) is 5.69 Å². The average molecular weight is 238 g/mol. The first-order valence-corrected chi connectivity index (χ1v) is 4.89. The Morgan fingerprint density at radius 1 is 1.25 bits per heavy atom. The van der Waals surface area contributed by atoms with Crippen molar-refractivity contribution < 1.29 is 14.3 Å². The zero-order valence-electron chi connectivity index (χ0n) is 8.11. The Labute approximate surface area is 96.5 Å². The molecule has 0 aliphatic rings. The number of nitrogens with one attached hydrogen (secondary N) is 1. The minimum atomic E-state index is -0.464. The summed E-state index contributed by atoms with van der Waals surface area (Å²) in [5.41, 5.74) is 0.319. The van der Waals surface area contributed by atoms with Crippen LogP contribution in [0.5, 0.6) is 5.75 Å². The molecule has 2 aromatic rings. The van der Waals surface area contributed by atoms with E-state index in [2.05, 4.69) is 5.32 Å². The van der Waals surface area contributed by atoms with Crippen molar-refractivity contribution in [3.8, 4) is 5.75 Å². The van der Waals surface area contributed by atoms with E-state index in [1.165, 1.54) is 18.2 Å². The summed E-state index contributed by atoms with van der Waals surface area (Å²) in [6, 6.07) is 9.35. The number of aromatic hydroxyl groups is 1. The summed E-state index contributed by atoms with van der Waals surface area (Å²) in [5, 5.41) is 12.1. The van der Waals surface area contributed by atoms with Crippen molar-refractivity contribution in [3.63, 3.8) is 0 Å². The Morgan fingerprint density at radius 2 is 2.00 bits per heavy atom. The standard InChI is InChI=1S/C11H8ClNO3/c12-10-6-5-9(16-10)11(15)13-7-3-1-2-4-8(7)14/h1-6,14H,(H,13,15). The van der Waals surface area contributed by atoms with Crippen LogP contribution < -0.4 is 5.32 Å². The summed E-state index contributed by atoms with van der Waals surface area (Å²) in [4.78, 5) is 11.6. The largest absolute Gasteiger partial charge is 0.506 e. The van der Waals surface area contributed by atoms with E-state index in [4.69, 9.17) is 16.0 Å². The van der Waals surface area contributed by atoms with Gasteiger partial charge in [0.05, 0.1) is 5.69 Å². The first kappa shape index (κ1) is 10.6. The number of para-hydroxylation sites is 2. The van der Waals surface area contributed by atoms with Crippen molar-refractivity contribution >= 4 is 23.2 Å². The molecule has 4 nitrogen and oxygen atoms in total. The lowest BCUT2D eigenvalue weighted by Crippen LogP contribution is -2.10. The minimum absolute atomic E-state index is 0.00602. The molecule has 0 unspecified atom stereocenters. The fourth-order valence-electron chi connectivity index (χ4n) is 1.20. The van der Waals surface area contributed by atoms with Gasteiger partial charge in [-0.15, -0.1) is 0 Å². The normalized spacial score (nSPS) is 10.1. The summed E-state index contributed by atoms with van der Waals surface area (Å²) >= 11 is 5.54. The fraction of sp³-hybridized carbons (Fsp3) is 0. The molecule has 0 fully saturated rings. The lowest BCUT2D eigenvalue weighted by atomic mass is 10.3. The molecular formula is C11H8ClNO3. The number of rotatable bonds is 2. The zero-order valence-corrected chi connectivity index (χ0v) is 8.86. The van der Waals surface area contributed by atoms with Crippen molar-refractivity contribution in [2.75, 3.05) is 5.32 Å². The SMILES string of the molecule is O=C(Nc1ccccc1O)c1ccc(Cl)o1. The van der Waals surface area contributed by atoms with Crippen LogP contribution in [0.1, 0.15) is 10.6 Å². The van der Waals surface area contributed by atoms with Gasteiger partial charge < -0.3 is 14.8 Å². The molecule has 0 saturated heterocycles. The molecule has 1 aromatic carbocycles. The number of phenolic OH excluding ortho intramolecular Hbond substituents is 1. The van der Waals surface area contributed by atoms with Crippen LogP contribution >= 0.6 is 11.6 Å². The number of phenols is 1. The Balaban J connectivity index is 2.17. The second-order valence-corrected chi connectivity index (χ2v) is 3.45. The fourth-order valence-corrected chi connectivity index (χ4v) is 1.35. The van der Waals surface area contributed by atoms with Gasteiger partial charge in [-0.25, -0.2) is 0 Å². The van der Waals surface area contributed by atoms with Crippen LogP contribution in [0.2, 0.25) is 5.22 Å². The number of halogens is 1. The van der Waals surface area contributed by atoms with Gasteiger partial charge in [0, 0.05) is 0 Å². The van der Waals surface area contributed by atoms with Gasteiger partial charge in [0.2, 0.25) is 0 Å². The monoisotopic (exact) mass is 237 g/mol. The molecule has 0 radical (unpaired) electrons. The number of hydrogen-bond donors (Lipinski definition) is 2. The summed E-state index contributed by atoms with van der Waals surface area (Å²) < 4.78 is 4.93. The Hall–Kier alpha value is -1.94. The molecule has 0 atom stereocenters. The molecule has 0 bridgehead atoms. The molecule has 1 amide bonds. The van der Waals surface area contributed by atoms with Crippen LogP contribution in [-0.4, -0.2) is 11.0 Å². The van der Waals surface area contributed by atoms with Crippen molar-refractivity contribution in [3.05, 3.63) is 47.4 Å². The Morgan fingerprint density at radius 3 is 2.62 bits per heavy atom. The summed E-state index contributed by atoms with van der Waals surface area (Å²) in [6.07, 6.45) is 0. The van der Waals surface area contributed by atoms with Crippen LogP contribution in [0.25, 0.3) is 0 Å². The van der Waals surface area contributed by atoms with Gasteiger partial charge in [0.1, 0.15) is 5.75 Å². The molecule has 0 aliphatic heterocycles. The van der Waals surface area contributed by atoms with E-state index >= 15 is 0 Å². The highest BCUT2D eigenvalue weighted by atomic mass is 35.5. The molecule has 1 heterocycles. The van der Waals surface area contributed by atoms with E-state index < -0.39 is 5.91 Å². The van der Waals surface area contributed by atoms with E-state index in [1.807, 2.05) is 0 Å². The van der Waals surface area contributed by atoms with E-state index in [9.17, 15) is 9.90 Å². The highest BCUT2D eigenvalue weighted by Gasteiger charge is 2.12. The van der Waals surface area contributed by atoms with Gasteiger partial charge in [-0.05, 0) is 35.9 Å². The maximum absolute atomic E-state index is 11.6. The summed E-state index contributed by atoms with van der Waals surface area (Å²) in [7, 11) is 0. The number of carbonyl (C=O) groups excluding carboxylic acids is 1. The number of benzene rings is 1. The van der Waals surface area contributed by atoms with Gasteiger partial charge in [-0.2, -0.15) is 0 Å². The number of carbonyl (C=O) groups is 1. The Kier molecular flexibility index (Phi) is 2.83. The predicted octanol–water partition coefficient (Wildman–Crippen LogP) is 2.89. The number of amides is 1. The van der Waals surface area contributed by atoms with Crippen molar-refractivity contribution in [2.24, 2.45) is 0 Å². The van der Waals surface area contributed by atoms with Crippen molar-refractivity contribution in [2.45, 2.75) is 0 Å². The smallest absolute Gasteiger partial charge is 0.291 e. The van der Waals surface area contributed by atoms with Crippen LogP contribution in [0.3, 0.4) is 0 Å². The maximum Gasteiger partial charge on any atom is 0.291 e. The number of anilines is 1. The third kappa shape index (κ3) is 2.17. The van der Waals surface area contributed by atoms with Gasteiger partial charge in [-0.3, -0.25) is 4.79 Å².